The molecule has 1 aromatic carbocycles. The number of amides is 3. The standard InChI is InChI=1S/C22H30N3O7P.CH4/c1-3-4-5-7-17(13-25(29)15-26)21(27)23-14-24-22(28)20-11-10-19(32-20)16-8-6-9-18(12-16)33(2,30)31;/h6,8-12,15,17,29H,3-5,7,13-14H2,1-2H3,(H,23,27)(H,24,28)(H,30,31);1H4. The van der Waals surface area contributed by atoms with E-state index in [9.17, 15) is 29.0 Å². The summed E-state index contributed by atoms with van der Waals surface area (Å²) in [7, 11) is -3.43. The van der Waals surface area contributed by atoms with E-state index in [0.29, 0.717) is 22.8 Å². The third kappa shape index (κ3) is 8.78. The first-order valence-electron chi connectivity index (χ1n) is 10.6. The highest BCUT2D eigenvalue weighted by Crippen LogP contribution is 2.35. The molecular weight excluding hydrogens is 461 g/mol. The van der Waals surface area contributed by atoms with Gasteiger partial charge in [0.1, 0.15) is 5.76 Å². The lowest BCUT2D eigenvalue weighted by Gasteiger charge is -2.19. The van der Waals surface area contributed by atoms with Gasteiger partial charge in [0, 0.05) is 17.5 Å². The van der Waals surface area contributed by atoms with Gasteiger partial charge in [-0.2, -0.15) is 0 Å². The average Bonchev–Trinajstić information content (AvgIpc) is 3.28. The lowest BCUT2D eigenvalue weighted by Crippen LogP contribution is -2.42. The number of hydrogen-bond donors (Lipinski definition) is 4. The summed E-state index contributed by atoms with van der Waals surface area (Å²) < 4.78 is 17.4. The first kappa shape index (κ1) is 29.1. The average molecular weight is 496 g/mol. The number of nitrogens with one attached hydrogen (secondary N) is 2. The number of nitrogens with zero attached hydrogens (tertiary/aromatic N) is 1. The Morgan fingerprint density at radius 1 is 1.21 bits per heavy atom. The highest BCUT2D eigenvalue weighted by atomic mass is 31.2. The second-order valence-corrected chi connectivity index (χ2v) is 10.0. The van der Waals surface area contributed by atoms with Crippen LogP contribution >= 0.6 is 7.37 Å². The zero-order valence-electron chi connectivity index (χ0n) is 18.7. The van der Waals surface area contributed by atoms with Crippen LogP contribution in [0.4, 0.5) is 0 Å². The predicted octanol–water partition coefficient (Wildman–Crippen LogP) is 2.96. The van der Waals surface area contributed by atoms with E-state index in [1.807, 2.05) is 6.92 Å². The lowest BCUT2D eigenvalue weighted by molar-refractivity contribution is -0.154. The van der Waals surface area contributed by atoms with Crippen molar-refractivity contribution in [1.82, 2.24) is 15.7 Å². The fraction of sp³-hybridized carbons (Fsp3) is 0.435. The van der Waals surface area contributed by atoms with Crippen LogP contribution in [0.2, 0.25) is 0 Å². The van der Waals surface area contributed by atoms with Crippen LogP contribution in [0.5, 0.6) is 0 Å². The van der Waals surface area contributed by atoms with Crippen LogP contribution in [0.3, 0.4) is 0 Å². The van der Waals surface area contributed by atoms with Gasteiger partial charge in [0.2, 0.25) is 19.7 Å². The Morgan fingerprint density at radius 2 is 1.94 bits per heavy atom. The molecule has 2 unspecified atom stereocenters. The third-order valence-electron chi connectivity index (χ3n) is 5.01. The van der Waals surface area contributed by atoms with Gasteiger partial charge in [-0.3, -0.25) is 24.2 Å². The summed E-state index contributed by atoms with van der Waals surface area (Å²) in [4.78, 5) is 45.2. The molecule has 4 N–H and O–H groups in total. The van der Waals surface area contributed by atoms with Gasteiger partial charge in [-0.1, -0.05) is 45.7 Å². The van der Waals surface area contributed by atoms with E-state index < -0.39 is 25.1 Å². The number of carbonyl (C=O) groups excluding carboxylic acids is 3. The van der Waals surface area contributed by atoms with Crippen molar-refractivity contribution in [2.75, 3.05) is 19.9 Å². The largest absolute Gasteiger partial charge is 0.451 e. The topological polar surface area (TPSA) is 149 Å². The first-order valence-corrected chi connectivity index (χ1v) is 12.7. The molecule has 0 fully saturated rings. The summed E-state index contributed by atoms with van der Waals surface area (Å²) in [5.74, 6) is -1.19. The molecule has 0 saturated carbocycles. The van der Waals surface area contributed by atoms with Crippen LogP contribution in [-0.4, -0.2) is 53.3 Å². The van der Waals surface area contributed by atoms with Crippen molar-refractivity contribution in [1.29, 1.82) is 0 Å². The fourth-order valence-electron chi connectivity index (χ4n) is 3.19. The van der Waals surface area contributed by atoms with E-state index in [0.717, 1.165) is 19.3 Å². The van der Waals surface area contributed by atoms with Gasteiger partial charge in [0.25, 0.3) is 5.91 Å². The Balaban J connectivity index is 0.00000578. The molecule has 0 aliphatic rings. The highest BCUT2D eigenvalue weighted by molar-refractivity contribution is 7.65. The molecule has 0 radical (unpaired) electrons. The van der Waals surface area contributed by atoms with Crippen molar-refractivity contribution in [3.63, 3.8) is 0 Å². The van der Waals surface area contributed by atoms with E-state index in [1.54, 1.807) is 24.3 Å². The van der Waals surface area contributed by atoms with E-state index in [4.69, 9.17) is 4.42 Å². The number of hydrogen-bond acceptors (Lipinski definition) is 6. The summed E-state index contributed by atoms with van der Waals surface area (Å²) in [5, 5.41) is 15.2. The molecule has 2 rings (SSSR count). The number of benzene rings is 1. The molecule has 0 spiro atoms. The molecule has 11 heteroatoms. The number of rotatable bonds is 13. The van der Waals surface area contributed by atoms with Gasteiger partial charge in [0.15, 0.2) is 5.76 Å². The van der Waals surface area contributed by atoms with Gasteiger partial charge in [-0.05, 0) is 30.7 Å². The molecule has 1 aromatic heterocycles. The summed E-state index contributed by atoms with van der Waals surface area (Å²) in [6.07, 6.45) is 3.40. The summed E-state index contributed by atoms with van der Waals surface area (Å²) >= 11 is 0. The quantitative estimate of drug-likeness (QED) is 0.0833. The summed E-state index contributed by atoms with van der Waals surface area (Å²) in [6, 6.07) is 9.44. The maximum atomic E-state index is 12.4. The molecule has 34 heavy (non-hydrogen) atoms. The van der Waals surface area contributed by atoms with Gasteiger partial charge in [0.05, 0.1) is 19.1 Å². The Labute approximate surface area is 199 Å². The molecule has 0 saturated heterocycles. The van der Waals surface area contributed by atoms with Gasteiger partial charge in [-0.25, -0.2) is 5.06 Å². The van der Waals surface area contributed by atoms with Gasteiger partial charge in [-0.15, -0.1) is 0 Å². The van der Waals surface area contributed by atoms with Crippen molar-refractivity contribution in [3.05, 3.63) is 42.2 Å². The third-order valence-corrected chi connectivity index (χ3v) is 6.24. The van der Waals surface area contributed by atoms with Crippen LogP contribution in [0.1, 0.15) is 50.6 Å². The molecule has 0 aliphatic heterocycles. The normalized spacial score (nSPS) is 13.2. The molecule has 188 valence electrons. The molecule has 2 atom stereocenters. The van der Waals surface area contributed by atoms with E-state index in [-0.39, 0.29) is 38.1 Å². The smallest absolute Gasteiger partial charge is 0.288 e. The zero-order valence-corrected chi connectivity index (χ0v) is 19.6. The maximum Gasteiger partial charge on any atom is 0.288 e. The minimum absolute atomic E-state index is 0. The molecule has 0 bridgehead atoms. The first-order chi connectivity index (χ1) is 15.7. The van der Waals surface area contributed by atoms with E-state index in [1.165, 1.54) is 18.8 Å². The highest BCUT2D eigenvalue weighted by Gasteiger charge is 2.21. The van der Waals surface area contributed by atoms with Crippen molar-refractivity contribution in [3.8, 4) is 11.3 Å². The fourth-order valence-corrected chi connectivity index (χ4v) is 3.93. The second-order valence-electron chi connectivity index (χ2n) is 7.74. The van der Waals surface area contributed by atoms with E-state index >= 15 is 0 Å². The SMILES string of the molecule is C.CCCCCC(CN(O)C=O)C(=O)NCNC(=O)c1ccc(-c2cccc(P(C)(=O)O)c2)o1. The molecule has 0 aliphatic carbocycles. The number of unbranched alkanes of at least 4 members (excludes halogenated alkanes) is 2. The van der Waals surface area contributed by atoms with Crippen LogP contribution in [0, 0.1) is 5.92 Å². The molecular formula is C23H34N3O7P. The summed E-state index contributed by atoms with van der Waals surface area (Å²) in [5.41, 5.74) is 0.551. The van der Waals surface area contributed by atoms with Crippen LogP contribution < -0.4 is 15.9 Å². The monoisotopic (exact) mass is 495 g/mol. The van der Waals surface area contributed by atoms with Gasteiger partial charge >= 0.3 is 0 Å². The maximum absolute atomic E-state index is 12.4. The second kappa shape index (κ2) is 13.7. The number of hydroxylamine groups is 2. The van der Waals surface area contributed by atoms with Crippen molar-refractivity contribution < 1.29 is 33.5 Å². The lowest BCUT2D eigenvalue weighted by atomic mass is 10.0. The van der Waals surface area contributed by atoms with Crippen molar-refractivity contribution in [2.24, 2.45) is 5.92 Å². The van der Waals surface area contributed by atoms with E-state index in [2.05, 4.69) is 10.6 Å². The summed E-state index contributed by atoms with van der Waals surface area (Å²) in [6.45, 7) is 2.97. The number of furan rings is 1. The van der Waals surface area contributed by atoms with Crippen molar-refractivity contribution >= 4 is 30.9 Å². The molecule has 10 nitrogen and oxygen atoms in total. The number of carbonyl (C=O) groups is 3. The molecule has 2 aromatic rings. The van der Waals surface area contributed by atoms with Gasteiger partial charge < -0.3 is 19.9 Å². The minimum atomic E-state index is -3.43. The zero-order chi connectivity index (χ0) is 24.4. The Hall–Kier alpha value is -2.94. The van der Waals surface area contributed by atoms with Crippen LogP contribution in [0.25, 0.3) is 11.3 Å². The molecule has 3 amide bonds. The Kier molecular flexibility index (Phi) is 11.7. The van der Waals surface area contributed by atoms with Crippen molar-refractivity contribution in [2.45, 2.75) is 40.0 Å². The van der Waals surface area contributed by atoms with Crippen LogP contribution in [0.15, 0.2) is 40.8 Å². The molecule has 1 heterocycles. The Morgan fingerprint density at radius 3 is 2.59 bits per heavy atom. The Bertz CT molecular complexity index is 1000. The minimum Gasteiger partial charge on any atom is -0.451 e. The van der Waals surface area contributed by atoms with Crippen LogP contribution in [-0.2, 0) is 14.2 Å². The predicted molar refractivity (Wildman–Crippen MR) is 129 cm³/mol.